The molecule has 1 aromatic carbocycles. The van der Waals surface area contributed by atoms with Crippen LogP contribution in [0.5, 0.6) is 0 Å². The van der Waals surface area contributed by atoms with Crippen molar-refractivity contribution in [2.45, 2.75) is 31.2 Å². The van der Waals surface area contributed by atoms with E-state index >= 15 is 0 Å². The van der Waals surface area contributed by atoms with Gasteiger partial charge in [-0.15, -0.1) is 0 Å². The molecule has 112 valence electrons. The second kappa shape index (κ2) is 6.11. The third-order valence-electron chi connectivity index (χ3n) is 3.94. The summed E-state index contributed by atoms with van der Waals surface area (Å²) in [6.07, 6.45) is 1.12. The van der Waals surface area contributed by atoms with Crippen molar-refractivity contribution in [3.8, 4) is 0 Å². The average molecular weight is 297 g/mol. The van der Waals surface area contributed by atoms with Gasteiger partial charge in [0, 0.05) is 31.4 Å². The number of hydrogen-bond acceptors (Lipinski definition) is 4. The Morgan fingerprint density at radius 3 is 2.55 bits per heavy atom. The number of benzene rings is 1. The Bertz CT molecular complexity index is 542. The van der Waals surface area contributed by atoms with Crippen molar-refractivity contribution in [2.75, 3.05) is 24.5 Å². The molecule has 5 nitrogen and oxygen atoms in total. The lowest BCUT2D eigenvalue weighted by Gasteiger charge is -2.27. The minimum Gasteiger partial charge on any atom is -0.367 e. The SMILES string of the molecule is CCNS(=O)(=O)c1ccc(N2CCC(C)C2CN)cc1. The molecule has 1 aliphatic rings. The van der Waals surface area contributed by atoms with Crippen LogP contribution in [0.1, 0.15) is 20.3 Å². The van der Waals surface area contributed by atoms with E-state index in [0.29, 0.717) is 29.9 Å². The van der Waals surface area contributed by atoms with Crippen LogP contribution in [0.25, 0.3) is 0 Å². The summed E-state index contributed by atoms with van der Waals surface area (Å²) in [4.78, 5) is 2.58. The van der Waals surface area contributed by atoms with E-state index in [4.69, 9.17) is 5.73 Å². The molecule has 1 fully saturated rings. The molecule has 0 aromatic heterocycles. The van der Waals surface area contributed by atoms with Gasteiger partial charge in [-0.05, 0) is 36.6 Å². The predicted octanol–water partition coefficient (Wildman–Crippen LogP) is 1.16. The molecule has 20 heavy (non-hydrogen) atoms. The van der Waals surface area contributed by atoms with Crippen LogP contribution in [0, 0.1) is 5.92 Å². The molecule has 0 aliphatic carbocycles. The Morgan fingerprint density at radius 2 is 2.00 bits per heavy atom. The Morgan fingerprint density at radius 1 is 1.35 bits per heavy atom. The van der Waals surface area contributed by atoms with E-state index < -0.39 is 10.0 Å². The monoisotopic (exact) mass is 297 g/mol. The maximum atomic E-state index is 11.9. The fourth-order valence-electron chi connectivity index (χ4n) is 2.78. The first-order valence-corrected chi connectivity index (χ1v) is 8.54. The molecule has 2 atom stereocenters. The molecule has 0 saturated carbocycles. The molecule has 0 bridgehead atoms. The molecule has 1 aromatic rings. The van der Waals surface area contributed by atoms with Gasteiger partial charge in [0.05, 0.1) is 4.90 Å². The second-order valence-corrected chi connectivity index (χ2v) is 7.02. The van der Waals surface area contributed by atoms with E-state index in [2.05, 4.69) is 16.5 Å². The molecule has 6 heteroatoms. The standard InChI is InChI=1S/C14H23N3O2S/c1-3-16-20(18,19)13-6-4-12(5-7-13)17-9-8-11(2)14(17)10-15/h4-7,11,14,16H,3,8-10,15H2,1-2H3. The minimum atomic E-state index is -3.37. The number of sulfonamides is 1. The summed E-state index contributed by atoms with van der Waals surface area (Å²) in [7, 11) is -3.37. The first-order valence-electron chi connectivity index (χ1n) is 7.06. The Labute approximate surface area is 121 Å². The molecule has 0 amide bonds. The van der Waals surface area contributed by atoms with Crippen molar-refractivity contribution in [1.29, 1.82) is 0 Å². The van der Waals surface area contributed by atoms with Gasteiger partial charge >= 0.3 is 0 Å². The molecule has 0 radical (unpaired) electrons. The van der Waals surface area contributed by atoms with Crippen molar-refractivity contribution in [3.63, 3.8) is 0 Å². The second-order valence-electron chi connectivity index (χ2n) is 5.26. The van der Waals surface area contributed by atoms with Crippen LogP contribution in [-0.2, 0) is 10.0 Å². The van der Waals surface area contributed by atoms with Gasteiger partial charge in [0.15, 0.2) is 0 Å². The van der Waals surface area contributed by atoms with E-state index in [0.717, 1.165) is 18.7 Å². The largest absolute Gasteiger partial charge is 0.367 e. The number of hydrogen-bond donors (Lipinski definition) is 2. The number of nitrogens with one attached hydrogen (secondary N) is 1. The molecule has 2 unspecified atom stereocenters. The normalized spacial score (nSPS) is 23.2. The molecular weight excluding hydrogens is 274 g/mol. The first kappa shape index (κ1) is 15.3. The van der Waals surface area contributed by atoms with Gasteiger partial charge in [-0.3, -0.25) is 0 Å². The van der Waals surface area contributed by atoms with Crippen LogP contribution >= 0.6 is 0 Å². The van der Waals surface area contributed by atoms with Crippen LogP contribution in [0.15, 0.2) is 29.2 Å². The lowest BCUT2D eigenvalue weighted by atomic mass is 10.0. The minimum absolute atomic E-state index is 0.305. The number of anilines is 1. The van der Waals surface area contributed by atoms with Gasteiger partial charge in [0.2, 0.25) is 10.0 Å². The third-order valence-corrected chi connectivity index (χ3v) is 5.50. The maximum absolute atomic E-state index is 11.9. The van der Waals surface area contributed by atoms with E-state index in [1.165, 1.54) is 0 Å². The lowest BCUT2D eigenvalue weighted by molar-refractivity contribution is 0.519. The predicted molar refractivity (Wildman–Crippen MR) is 81.3 cm³/mol. The fraction of sp³-hybridized carbons (Fsp3) is 0.571. The number of rotatable bonds is 5. The summed E-state index contributed by atoms with van der Waals surface area (Å²) in [5.74, 6) is 0.574. The Hall–Kier alpha value is -1.11. The lowest BCUT2D eigenvalue weighted by Crippen LogP contribution is -2.38. The van der Waals surface area contributed by atoms with Crippen molar-refractivity contribution in [1.82, 2.24) is 4.72 Å². The van der Waals surface area contributed by atoms with Crippen LogP contribution in [0.4, 0.5) is 5.69 Å². The van der Waals surface area contributed by atoms with Crippen molar-refractivity contribution in [2.24, 2.45) is 11.7 Å². The van der Waals surface area contributed by atoms with E-state index in [1.807, 2.05) is 12.1 Å². The van der Waals surface area contributed by atoms with E-state index in [9.17, 15) is 8.42 Å². The van der Waals surface area contributed by atoms with Gasteiger partial charge in [0.25, 0.3) is 0 Å². The highest BCUT2D eigenvalue weighted by Crippen LogP contribution is 2.29. The number of nitrogens with zero attached hydrogens (tertiary/aromatic N) is 1. The number of nitrogens with two attached hydrogens (primary N) is 1. The summed E-state index contributed by atoms with van der Waals surface area (Å²) in [6, 6.07) is 7.38. The molecular formula is C14H23N3O2S. The van der Waals surface area contributed by atoms with E-state index in [1.54, 1.807) is 19.1 Å². The van der Waals surface area contributed by atoms with Crippen molar-refractivity contribution >= 4 is 15.7 Å². The highest BCUT2D eigenvalue weighted by molar-refractivity contribution is 7.89. The van der Waals surface area contributed by atoms with Gasteiger partial charge < -0.3 is 10.6 Å². The summed E-state index contributed by atoms with van der Waals surface area (Å²) in [6.45, 7) is 5.97. The zero-order chi connectivity index (χ0) is 14.8. The van der Waals surface area contributed by atoms with Crippen LogP contribution < -0.4 is 15.4 Å². The zero-order valence-electron chi connectivity index (χ0n) is 12.0. The summed E-state index contributed by atoms with van der Waals surface area (Å²) in [5, 5.41) is 0. The van der Waals surface area contributed by atoms with E-state index in [-0.39, 0.29) is 0 Å². The first-order chi connectivity index (χ1) is 9.49. The highest BCUT2D eigenvalue weighted by Gasteiger charge is 2.30. The molecule has 1 saturated heterocycles. The van der Waals surface area contributed by atoms with Crippen LogP contribution in [0.2, 0.25) is 0 Å². The Kier molecular flexibility index (Phi) is 4.67. The van der Waals surface area contributed by atoms with Crippen molar-refractivity contribution in [3.05, 3.63) is 24.3 Å². The highest BCUT2D eigenvalue weighted by atomic mass is 32.2. The maximum Gasteiger partial charge on any atom is 0.240 e. The zero-order valence-corrected chi connectivity index (χ0v) is 12.9. The summed E-state index contributed by atoms with van der Waals surface area (Å²) < 4.78 is 26.3. The van der Waals surface area contributed by atoms with Gasteiger partial charge in [-0.2, -0.15) is 0 Å². The van der Waals surface area contributed by atoms with Crippen LogP contribution in [0.3, 0.4) is 0 Å². The summed E-state index contributed by atoms with van der Waals surface area (Å²) in [5.41, 5.74) is 6.89. The van der Waals surface area contributed by atoms with Gasteiger partial charge in [-0.1, -0.05) is 13.8 Å². The van der Waals surface area contributed by atoms with Gasteiger partial charge in [0.1, 0.15) is 0 Å². The van der Waals surface area contributed by atoms with Crippen molar-refractivity contribution < 1.29 is 8.42 Å². The Balaban J connectivity index is 2.21. The third kappa shape index (κ3) is 2.97. The molecule has 2 rings (SSSR count). The smallest absolute Gasteiger partial charge is 0.240 e. The summed E-state index contributed by atoms with van der Waals surface area (Å²) >= 11 is 0. The molecule has 0 spiro atoms. The quantitative estimate of drug-likeness (QED) is 0.855. The fourth-order valence-corrected chi connectivity index (χ4v) is 3.82. The molecule has 1 aliphatic heterocycles. The molecule has 1 heterocycles. The van der Waals surface area contributed by atoms with Crippen LogP contribution in [-0.4, -0.2) is 34.1 Å². The van der Waals surface area contributed by atoms with Gasteiger partial charge in [-0.25, -0.2) is 13.1 Å². The average Bonchev–Trinajstić information content (AvgIpc) is 2.80. The molecule has 3 N–H and O–H groups in total. The topological polar surface area (TPSA) is 75.4 Å².